The number of aldehydes is 1. The van der Waals surface area contributed by atoms with Crippen molar-refractivity contribution in [2.45, 2.75) is 19.4 Å². The number of halogens is 1. The molecule has 1 N–H and O–H groups in total. The minimum Gasteiger partial charge on any atom is -0.350 e. The average Bonchev–Trinajstić information content (AvgIpc) is 2.37. The number of benzene rings is 1. The van der Waals surface area contributed by atoms with Gasteiger partial charge in [0.25, 0.3) is 0 Å². The lowest BCUT2D eigenvalue weighted by Gasteiger charge is -2.35. The van der Waals surface area contributed by atoms with E-state index in [1.165, 1.54) is 0 Å². The van der Waals surface area contributed by atoms with Gasteiger partial charge < -0.3 is 4.90 Å². The highest BCUT2D eigenvalue weighted by Crippen LogP contribution is 2.27. The van der Waals surface area contributed by atoms with Gasteiger partial charge in [0.1, 0.15) is 6.04 Å². The number of piperazine rings is 1. The normalized spacial score (nSPS) is 19.3. The molecule has 2 amide bonds. The van der Waals surface area contributed by atoms with E-state index in [0.717, 1.165) is 10.8 Å². The van der Waals surface area contributed by atoms with Gasteiger partial charge in [-0.15, -0.1) is 0 Å². The van der Waals surface area contributed by atoms with Crippen LogP contribution < -0.4 is 10.2 Å². The molecule has 2 rings (SSSR count). The van der Waals surface area contributed by atoms with Gasteiger partial charge in [-0.2, -0.15) is 0 Å². The van der Waals surface area contributed by atoms with Crippen molar-refractivity contribution in [1.29, 1.82) is 0 Å². The van der Waals surface area contributed by atoms with Crippen LogP contribution in [0.15, 0.2) is 22.7 Å². The molecular formula is C13H13BrN2O3. The molecule has 0 aliphatic carbocycles. The number of nitrogens with one attached hydrogen (secondary N) is 1. The van der Waals surface area contributed by atoms with Crippen molar-refractivity contribution in [3.05, 3.63) is 28.2 Å². The Balaban J connectivity index is 2.48. The van der Waals surface area contributed by atoms with E-state index in [4.69, 9.17) is 0 Å². The number of amides is 2. The second-order valence-corrected chi connectivity index (χ2v) is 5.20. The van der Waals surface area contributed by atoms with Crippen molar-refractivity contribution in [1.82, 2.24) is 5.32 Å². The molecule has 0 spiro atoms. The minimum absolute atomic E-state index is 0.0710. The van der Waals surface area contributed by atoms with Gasteiger partial charge >= 0.3 is 0 Å². The third-order valence-electron chi connectivity index (χ3n) is 3.07. The van der Waals surface area contributed by atoms with Gasteiger partial charge in [-0.3, -0.25) is 19.7 Å². The van der Waals surface area contributed by atoms with Gasteiger partial charge in [0.2, 0.25) is 11.8 Å². The summed E-state index contributed by atoms with van der Waals surface area (Å²) >= 11 is 3.34. The van der Waals surface area contributed by atoms with Crippen molar-refractivity contribution in [3.63, 3.8) is 0 Å². The highest BCUT2D eigenvalue weighted by Gasteiger charge is 2.33. The van der Waals surface area contributed by atoms with Gasteiger partial charge in [0, 0.05) is 15.7 Å². The highest BCUT2D eigenvalue weighted by atomic mass is 79.9. The molecule has 0 bridgehead atoms. The van der Waals surface area contributed by atoms with E-state index in [0.29, 0.717) is 17.7 Å². The number of carbonyl (C=O) groups is 3. The third-order valence-corrected chi connectivity index (χ3v) is 3.56. The zero-order valence-corrected chi connectivity index (χ0v) is 11.9. The first kappa shape index (κ1) is 13.7. The number of anilines is 1. The molecule has 1 atom stereocenters. The smallest absolute Gasteiger partial charge is 0.249 e. The second-order valence-electron chi connectivity index (χ2n) is 4.29. The van der Waals surface area contributed by atoms with E-state index >= 15 is 0 Å². The summed E-state index contributed by atoms with van der Waals surface area (Å²) in [6, 6.07) is 4.72. The molecule has 6 heteroatoms. The standard InChI is InChI=1S/C13H13BrN2O3/c1-2-10-13(19)15-12(18)6-16(10)11-5-9(14)4-3-8(11)7-17/h3-5,7,10H,2,6H2,1H3,(H,15,18,19). The van der Waals surface area contributed by atoms with Gasteiger partial charge in [-0.1, -0.05) is 22.9 Å². The summed E-state index contributed by atoms with van der Waals surface area (Å²) in [6.45, 7) is 1.94. The second kappa shape index (κ2) is 5.52. The molecule has 1 saturated heterocycles. The van der Waals surface area contributed by atoms with Crippen molar-refractivity contribution in [2.24, 2.45) is 0 Å². The molecule has 1 aromatic carbocycles. The zero-order chi connectivity index (χ0) is 14.0. The van der Waals surface area contributed by atoms with Crippen LogP contribution in [-0.4, -0.2) is 30.7 Å². The van der Waals surface area contributed by atoms with Gasteiger partial charge in [-0.25, -0.2) is 0 Å². The average molecular weight is 325 g/mol. The molecular weight excluding hydrogens is 312 g/mol. The summed E-state index contributed by atoms with van der Waals surface area (Å²) in [7, 11) is 0. The molecule has 1 heterocycles. The van der Waals surface area contributed by atoms with Gasteiger partial charge in [-0.05, 0) is 24.6 Å². The Morgan fingerprint density at radius 1 is 1.47 bits per heavy atom. The molecule has 0 aromatic heterocycles. The van der Waals surface area contributed by atoms with E-state index in [1.807, 2.05) is 6.92 Å². The van der Waals surface area contributed by atoms with Crippen LogP contribution in [-0.2, 0) is 9.59 Å². The summed E-state index contributed by atoms with van der Waals surface area (Å²) in [5.74, 6) is -0.679. The predicted octanol–water partition coefficient (Wildman–Crippen LogP) is 1.50. The monoisotopic (exact) mass is 324 g/mol. The molecule has 0 saturated carbocycles. The van der Waals surface area contributed by atoms with Crippen LogP contribution in [0.1, 0.15) is 23.7 Å². The molecule has 5 nitrogen and oxygen atoms in total. The van der Waals surface area contributed by atoms with Crippen molar-refractivity contribution in [3.8, 4) is 0 Å². The number of carbonyl (C=O) groups excluding carboxylic acids is 3. The fourth-order valence-corrected chi connectivity index (χ4v) is 2.54. The van der Waals surface area contributed by atoms with Crippen LogP contribution in [0.25, 0.3) is 0 Å². The largest absolute Gasteiger partial charge is 0.350 e. The molecule has 1 unspecified atom stereocenters. The molecule has 1 aliphatic heterocycles. The molecule has 1 aromatic rings. The molecule has 1 aliphatic rings. The summed E-state index contributed by atoms with van der Waals surface area (Å²) in [4.78, 5) is 36.1. The van der Waals surface area contributed by atoms with Crippen molar-refractivity contribution < 1.29 is 14.4 Å². The number of imide groups is 1. The molecule has 1 fully saturated rings. The fourth-order valence-electron chi connectivity index (χ4n) is 2.19. The van der Waals surface area contributed by atoms with Crippen LogP contribution in [0.2, 0.25) is 0 Å². The number of nitrogens with zero attached hydrogens (tertiary/aromatic N) is 1. The summed E-state index contributed by atoms with van der Waals surface area (Å²) in [6.07, 6.45) is 1.29. The SMILES string of the molecule is CCC1C(=O)NC(=O)CN1c1cc(Br)ccc1C=O. The fraction of sp³-hybridized carbons (Fsp3) is 0.308. The highest BCUT2D eigenvalue weighted by molar-refractivity contribution is 9.10. The molecule has 19 heavy (non-hydrogen) atoms. The first-order valence-corrected chi connectivity index (χ1v) is 6.71. The Hall–Kier alpha value is -1.69. The topological polar surface area (TPSA) is 66.5 Å². The summed E-state index contributed by atoms with van der Waals surface area (Å²) in [5.41, 5.74) is 1.06. The van der Waals surface area contributed by atoms with Gasteiger partial charge in [0.05, 0.1) is 6.54 Å². The quantitative estimate of drug-likeness (QED) is 0.676. The predicted molar refractivity (Wildman–Crippen MR) is 74.1 cm³/mol. The van der Waals surface area contributed by atoms with E-state index in [-0.39, 0.29) is 18.4 Å². The number of hydrogen-bond donors (Lipinski definition) is 1. The first-order valence-electron chi connectivity index (χ1n) is 5.92. The van der Waals surface area contributed by atoms with E-state index in [9.17, 15) is 14.4 Å². The number of hydrogen-bond acceptors (Lipinski definition) is 4. The van der Waals surface area contributed by atoms with E-state index in [1.54, 1.807) is 23.1 Å². The van der Waals surface area contributed by atoms with Crippen molar-refractivity contribution >= 4 is 39.7 Å². The lowest BCUT2D eigenvalue weighted by molar-refractivity contribution is -0.132. The minimum atomic E-state index is -0.439. The van der Waals surface area contributed by atoms with E-state index in [2.05, 4.69) is 21.2 Å². The third kappa shape index (κ3) is 2.68. The van der Waals surface area contributed by atoms with Crippen LogP contribution in [0.3, 0.4) is 0 Å². The van der Waals surface area contributed by atoms with Crippen LogP contribution in [0, 0.1) is 0 Å². The summed E-state index contributed by atoms with van der Waals surface area (Å²) < 4.78 is 0.793. The van der Waals surface area contributed by atoms with E-state index < -0.39 is 6.04 Å². The van der Waals surface area contributed by atoms with Crippen LogP contribution in [0.5, 0.6) is 0 Å². The number of rotatable bonds is 3. The van der Waals surface area contributed by atoms with Crippen LogP contribution in [0.4, 0.5) is 5.69 Å². The van der Waals surface area contributed by atoms with Gasteiger partial charge in [0.15, 0.2) is 6.29 Å². The first-order chi connectivity index (χ1) is 9.06. The zero-order valence-electron chi connectivity index (χ0n) is 10.4. The maximum Gasteiger partial charge on any atom is 0.249 e. The lowest BCUT2D eigenvalue weighted by Crippen LogP contribution is -2.58. The van der Waals surface area contributed by atoms with Crippen molar-refractivity contribution in [2.75, 3.05) is 11.4 Å². The maximum atomic E-state index is 11.8. The Bertz CT molecular complexity index is 545. The molecule has 100 valence electrons. The lowest BCUT2D eigenvalue weighted by atomic mass is 10.1. The maximum absolute atomic E-state index is 11.8. The Labute approximate surface area is 119 Å². The summed E-state index contributed by atoms with van der Waals surface area (Å²) in [5, 5.41) is 2.31. The Morgan fingerprint density at radius 3 is 2.84 bits per heavy atom. The Kier molecular flexibility index (Phi) is 3.99. The molecule has 0 radical (unpaired) electrons. The van der Waals surface area contributed by atoms with Crippen LogP contribution >= 0.6 is 15.9 Å². The Morgan fingerprint density at radius 2 is 2.21 bits per heavy atom.